The first-order valence-corrected chi connectivity index (χ1v) is 7.21. The van der Waals surface area contributed by atoms with Gasteiger partial charge in [-0.1, -0.05) is 25.6 Å². The summed E-state index contributed by atoms with van der Waals surface area (Å²) in [5, 5.41) is 6.23. The lowest BCUT2D eigenvalue weighted by atomic mass is 10.1. The lowest BCUT2D eigenvalue weighted by Crippen LogP contribution is -2.19. The van der Waals surface area contributed by atoms with Gasteiger partial charge in [-0.3, -0.25) is 4.99 Å². The van der Waals surface area contributed by atoms with Crippen molar-refractivity contribution in [1.29, 1.82) is 0 Å². The van der Waals surface area contributed by atoms with Crippen molar-refractivity contribution >= 4 is 28.3 Å². The minimum absolute atomic E-state index is 0.644. The third-order valence-corrected chi connectivity index (χ3v) is 4.91. The molecule has 0 bridgehead atoms. The van der Waals surface area contributed by atoms with Crippen LogP contribution in [0.15, 0.2) is 11.2 Å². The lowest BCUT2D eigenvalue weighted by Gasteiger charge is -2.11. The molecule has 3 nitrogen and oxygen atoms in total. The molecule has 5 heteroatoms. The van der Waals surface area contributed by atoms with E-state index in [1.807, 2.05) is 24.9 Å². The fraction of sp³-hybridized carbons (Fsp3) is 0.636. The molecule has 1 atom stereocenters. The molecule has 0 amide bonds. The number of aromatic nitrogens is 1. The maximum Gasteiger partial charge on any atom is 0.157 e. The number of hydrogen-bond donors (Lipinski definition) is 1. The maximum absolute atomic E-state index is 4.51. The van der Waals surface area contributed by atoms with Gasteiger partial charge in [-0.15, -0.1) is 11.3 Å². The molecule has 0 spiro atoms. The zero-order valence-corrected chi connectivity index (χ0v) is 11.5. The van der Waals surface area contributed by atoms with E-state index in [1.165, 1.54) is 4.88 Å². The lowest BCUT2D eigenvalue weighted by molar-refractivity contribution is 0.621. The van der Waals surface area contributed by atoms with Crippen molar-refractivity contribution in [2.24, 2.45) is 10.9 Å². The third kappa shape index (κ3) is 2.98. The van der Waals surface area contributed by atoms with E-state index >= 15 is 0 Å². The topological polar surface area (TPSA) is 37.3 Å². The molecule has 1 aliphatic heterocycles. The molecule has 2 heterocycles. The number of hydrogen-bond acceptors (Lipinski definition) is 5. The van der Waals surface area contributed by atoms with Gasteiger partial charge in [0.25, 0.3) is 0 Å². The summed E-state index contributed by atoms with van der Waals surface area (Å²) in [6.07, 6.45) is 1.94. The molecule has 0 saturated carbocycles. The number of aryl methyl sites for hydroxylation is 1. The van der Waals surface area contributed by atoms with Gasteiger partial charge in [0.15, 0.2) is 5.17 Å². The predicted molar refractivity (Wildman–Crippen MR) is 72.2 cm³/mol. The first-order chi connectivity index (χ1) is 7.65. The average Bonchev–Trinajstić information content (AvgIpc) is 2.83. The Kier molecular flexibility index (Phi) is 3.86. The van der Waals surface area contributed by atoms with Crippen LogP contribution in [0.4, 0.5) is 0 Å². The number of thiazole rings is 1. The maximum atomic E-state index is 4.51. The Morgan fingerprint density at radius 2 is 2.38 bits per heavy atom. The van der Waals surface area contributed by atoms with Crippen molar-refractivity contribution in [2.75, 3.05) is 6.54 Å². The van der Waals surface area contributed by atoms with E-state index in [9.17, 15) is 0 Å². The largest absolute Gasteiger partial charge is 0.360 e. The molecule has 0 aromatic carbocycles. The number of nitrogens with zero attached hydrogens (tertiary/aromatic N) is 2. The summed E-state index contributed by atoms with van der Waals surface area (Å²) in [7, 11) is 0. The van der Waals surface area contributed by atoms with Crippen LogP contribution in [0.25, 0.3) is 0 Å². The smallest absolute Gasteiger partial charge is 0.157 e. The van der Waals surface area contributed by atoms with Crippen LogP contribution in [-0.4, -0.2) is 21.9 Å². The quantitative estimate of drug-likeness (QED) is 0.902. The standard InChI is InChI=1S/C11H17N3S2/c1-7(2)10-6-14-11(16-10)13-5-9-4-12-8(3)15-9/h4,7,10H,5-6H2,1-3H3,(H,13,14). The summed E-state index contributed by atoms with van der Waals surface area (Å²) in [4.78, 5) is 10.0. The highest BCUT2D eigenvalue weighted by Crippen LogP contribution is 2.26. The predicted octanol–water partition coefficient (Wildman–Crippen LogP) is 2.67. The minimum atomic E-state index is 0.644. The summed E-state index contributed by atoms with van der Waals surface area (Å²) in [6, 6.07) is 0. The molecule has 1 aliphatic rings. The van der Waals surface area contributed by atoms with Gasteiger partial charge in [0.1, 0.15) is 0 Å². The molecule has 0 fully saturated rings. The number of rotatable bonds is 3. The van der Waals surface area contributed by atoms with Gasteiger partial charge in [-0.05, 0) is 12.8 Å². The van der Waals surface area contributed by atoms with Crippen LogP contribution in [0.2, 0.25) is 0 Å². The van der Waals surface area contributed by atoms with Gasteiger partial charge in [-0.25, -0.2) is 4.98 Å². The number of nitrogens with one attached hydrogen (secondary N) is 1. The molecule has 16 heavy (non-hydrogen) atoms. The van der Waals surface area contributed by atoms with Crippen LogP contribution in [-0.2, 0) is 6.54 Å². The zero-order chi connectivity index (χ0) is 11.5. The Labute approximate surface area is 105 Å². The van der Waals surface area contributed by atoms with Gasteiger partial charge in [0.05, 0.1) is 18.1 Å². The van der Waals surface area contributed by atoms with Gasteiger partial charge < -0.3 is 5.32 Å². The van der Waals surface area contributed by atoms with Crippen molar-refractivity contribution in [1.82, 2.24) is 10.3 Å². The van der Waals surface area contributed by atoms with E-state index in [1.54, 1.807) is 11.3 Å². The van der Waals surface area contributed by atoms with Crippen LogP contribution in [0, 0.1) is 12.8 Å². The van der Waals surface area contributed by atoms with Crippen molar-refractivity contribution in [3.8, 4) is 0 Å². The van der Waals surface area contributed by atoms with Crippen LogP contribution in [0.5, 0.6) is 0 Å². The van der Waals surface area contributed by atoms with Crippen LogP contribution < -0.4 is 5.32 Å². The van der Waals surface area contributed by atoms with Crippen molar-refractivity contribution < 1.29 is 0 Å². The molecule has 0 radical (unpaired) electrons. The van der Waals surface area contributed by atoms with Gasteiger partial charge >= 0.3 is 0 Å². The Bertz CT molecular complexity index is 384. The molecule has 2 rings (SSSR count). The summed E-state index contributed by atoms with van der Waals surface area (Å²) in [5.74, 6) is 0.693. The van der Waals surface area contributed by atoms with E-state index in [2.05, 4.69) is 29.1 Å². The Hall–Kier alpha value is -0.550. The summed E-state index contributed by atoms with van der Waals surface area (Å²) in [6.45, 7) is 8.34. The van der Waals surface area contributed by atoms with Crippen molar-refractivity contribution in [3.05, 3.63) is 16.1 Å². The summed E-state index contributed by atoms with van der Waals surface area (Å²) < 4.78 is 0. The SMILES string of the molecule is Cc1ncc(CNC2=NCC(C(C)C)S2)s1. The van der Waals surface area contributed by atoms with Crippen molar-refractivity contribution in [3.63, 3.8) is 0 Å². The molecule has 0 aliphatic carbocycles. The number of aliphatic imine (C=N–C) groups is 1. The molecular weight excluding hydrogens is 238 g/mol. The second-order valence-corrected chi connectivity index (χ2v) is 6.79. The van der Waals surface area contributed by atoms with Crippen LogP contribution >= 0.6 is 23.1 Å². The zero-order valence-electron chi connectivity index (χ0n) is 9.86. The van der Waals surface area contributed by atoms with Gasteiger partial charge in [-0.2, -0.15) is 0 Å². The van der Waals surface area contributed by atoms with Gasteiger partial charge in [0, 0.05) is 16.3 Å². The fourth-order valence-corrected chi connectivity index (χ4v) is 3.23. The highest BCUT2D eigenvalue weighted by Gasteiger charge is 2.22. The Morgan fingerprint density at radius 1 is 1.56 bits per heavy atom. The van der Waals surface area contributed by atoms with Gasteiger partial charge in [0.2, 0.25) is 0 Å². The normalized spacial score (nSPS) is 20.2. The van der Waals surface area contributed by atoms with E-state index < -0.39 is 0 Å². The highest BCUT2D eigenvalue weighted by molar-refractivity contribution is 8.14. The Morgan fingerprint density at radius 3 is 2.94 bits per heavy atom. The average molecular weight is 255 g/mol. The fourth-order valence-electron chi connectivity index (χ4n) is 1.49. The Balaban J connectivity index is 1.80. The number of amidine groups is 1. The summed E-state index contributed by atoms with van der Waals surface area (Å²) >= 11 is 3.61. The van der Waals surface area contributed by atoms with Crippen molar-refractivity contribution in [2.45, 2.75) is 32.6 Å². The monoisotopic (exact) mass is 255 g/mol. The molecule has 0 saturated heterocycles. The van der Waals surface area contributed by atoms with E-state index in [-0.39, 0.29) is 0 Å². The first-order valence-electron chi connectivity index (χ1n) is 5.51. The molecule has 1 unspecified atom stereocenters. The van der Waals surface area contributed by atoms with Crippen LogP contribution in [0.3, 0.4) is 0 Å². The second-order valence-electron chi connectivity index (χ2n) is 4.25. The van der Waals surface area contributed by atoms with Crippen LogP contribution in [0.1, 0.15) is 23.7 Å². The highest BCUT2D eigenvalue weighted by atomic mass is 32.2. The number of thioether (sulfide) groups is 1. The molecular formula is C11H17N3S2. The minimum Gasteiger partial charge on any atom is -0.360 e. The van der Waals surface area contributed by atoms with E-state index in [4.69, 9.17) is 0 Å². The third-order valence-electron chi connectivity index (χ3n) is 2.50. The second kappa shape index (κ2) is 5.19. The molecule has 1 N–H and O–H groups in total. The summed E-state index contributed by atoms with van der Waals surface area (Å²) in [5.41, 5.74) is 0. The van der Waals surface area contributed by atoms with E-state index in [0.717, 1.165) is 23.3 Å². The molecule has 1 aromatic rings. The van der Waals surface area contributed by atoms with E-state index in [0.29, 0.717) is 11.2 Å². The first kappa shape index (κ1) is 11.9. The molecule has 88 valence electrons. The molecule has 1 aromatic heterocycles.